The van der Waals surface area contributed by atoms with Gasteiger partial charge in [-0.05, 0) is 56.3 Å². The average Bonchev–Trinajstić information content (AvgIpc) is 2.72. The standard InChI is InChI=1S/C16H21NO2.ClH/c1-17(2)11-14-7-6-13(16(14)18)10-12-4-8-15(19-3)9-5-12;/h4-5,8-10,14H,6-7,11H2,1-3H3;1H/b13-10+;. The van der Waals surface area contributed by atoms with E-state index in [1.807, 2.05) is 44.4 Å². The van der Waals surface area contributed by atoms with Crippen LogP contribution >= 0.6 is 12.4 Å². The van der Waals surface area contributed by atoms with Crippen LogP contribution in [0.4, 0.5) is 0 Å². The van der Waals surface area contributed by atoms with Gasteiger partial charge < -0.3 is 9.64 Å². The summed E-state index contributed by atoms with van der Waals surface area (Å²) < 4.78 is 5.13. The number of ketones is 1. The summed E-state index contributed by atoms with van der Waals surface area (Å²) in [7, 11) is 5.68. The van der Waals surface area contributed by atoms with E-state index in [2.05, 4.69) is 4.90 Å². The highest BCUT2D eigenvalue weighted by molar-refractivity contribution is 6.03. The van der Waals surface area contributed by atoms with Gasteiger partial charge >= 0.3 is 0 Å². The van der Waals surface area contributed by atoms with Gasteiger partial charge in [0.15, 0.2) is 5.78 Å². The van der Waals surface area contributed by atoms with E-state index in [-0.39, 0.29) is 18.3 Å². The molecule has 0 aromatic heterocycles. The molecule has 1 aliphatic carbocycles. The summed E-state index contributed by atoms with van der Waals surface area (Å²) in [6, 6.07) is 7.81. The second kappa shape index (κ2) is 7.46. The van der Waals surface area contributed by atoms with Crippen LogP contribution in [0.25, 0.3) is 6.08 Å². The molecule has 0 saturated heterocycles. The smallest absolute Gasteiger partial charge is 0.163 e. The molecule has 1 unspecified atom stereocenters. The number of carbonyl (C=O) groups excluding carboxylic acids is 1. The second-order valence-corrected chi connectivity index (χ2v) is 5.30. The molecule has 20 heavy (non-hydrogen) atoms. The zero-order valence-corrected chi connectivity index (χ0v) is 13.1. The van der Waals surface area contributed by atoms with Gasteiger partial charge in [-0.15, -0.1) is 12.4 Å². The fourth-order valence-electron chi connectivity index (χ4n) is 2.51. The Morgan fingerprint density at radius 2 is 1.95 bits per heavy atom. The minimum Gasteiger partial charge on any atom is -0.497 e. The van der Waals surface area contributed by atoms with E-state index in [0.717, 1.165) is 36.3 Å². The lowest BCUT2D eigenvalue weighted by Gasteiger charge is -2.13. The van der Waals surface area contributed by atoms with E-state index < -0.39 is 0 Å². The zero-order chi connectivity index (χ0) is 13.8. The molecule has 0 aliphatic heterocycles. The zero-order valence-electron chi connectivity index (χ0n) is 12.3. The number of methoxy groups -OCH3 is 1. The molecule has 0 amide bonds. The molecule has 0 radical (unpaired) electrons. The van der Waals surface area contributed by atoms with Crippen molar-refractivity contribution in [2.45, 2.75) is 12.8 Å². The molecule has 4 heteroatoms. The maximum atomic E-state index is 12.2. The Balaban J connectivity index is 0.00000200. The fraction of sp³-hybridized carbons (Fsp3) is 0.438. The van der Waals surface area contributed by atoms with Gasteiger partial charge in [0, 0.05) is 12.5 Å². The summed E-state index contributed by atoms with van der Waals surface area (Å²) in [4.78, 5) is 14.3. The average molecular weight is 296 g/mol. The van der Waals surface area contributed by atoms with E-state index in [1.165, 1.54) is 0 Å². The first-order valence-corrected chi connectivity index (χ1v) is 6.63. The molecule has 1 aromatic carbocycles. The lowest BCUT2D eigenvalue weighted by atomic mass is 10.0. The monoisotopic (exact) mass is 295 g/mol. The SMILES string of the molecule is COc1ccc(/C=C2\CCC(CN(C)C)C2=O)cc1.Cl. The molecule has 0 N–H and O–H groups in total. The summed E-state index contributed by atoms with van der Waals surface area (Å²) in [5, 5.41) is 0. The Kier molecular flexibility index (Phi) is 6.24. The normalized spacial score (nSPS) is 20.3. The number of hydrogen-bond acceptors (Lipinski definition) is 3. The Hall–Kier alpha value is -1.32. The van der Waals surface area contributed by atoms with Gasteiger partial charge in [-0.2, -0.15) is 0 Å². The number of benzene rings is 1. The maximum absolute atomic E-state index is 12.2. The Morgan fingerprint density at radius 1 is 1.30 bits per heavy atom. The highest BCUT2D eigenvalue weighted by atomic mass is 35.5. The Bertz CT molecular complexity index is 480. The Morgan fingerprint density at radius 3 is 2.50 bits per heavy atom. The van der Waals surface area contributed by atoms with E-state index in [4.69, 9.17) is 4.74 Å². The highest BCUT2D eigenvalue weighted by Gasteiger charge is 2.29. The molecular formula is C16H22ClNO2. The van der Waals surface area contributed by atoms with E-state index in [1.54, 1.807) is 7.11 Å². The van der Waals surface area contributed by atoms with Crippen LogP contribution in [0.3, 0.4) is 0 Å². The third-order valence-corrected chi connectivity index (χ3v) is 3.49. The Labute approximate surface area is 127 Å². The van der Waals surface area contributed by atoms with Gasteiger partial charge in [0.05, 0.1) is 7.11 Å². The molecule has 110 valence electrons. The lowest BCUT2D eigenvalue weighted by Crippen LogP contribution is -2.24. The van der Waals surface area contributed by atoms with Crippen LogP contribution in [0, 0.1) is 5.92 Å². The van der Waals surface area contributed by atoms with Crippen LogP contribution in [0.2, 0.25) is 0 Å². The summed E-state index contributed by atoms with van der Waals surface area (Å²) in [6.45, 7) is 0.846. The maximum Gasteiger partial charge on any atom is 0.163 e. The van der Waals surface area contributed by atoms with Crippen molar-refractivity contribution in [1.82, 2.24) is 4.90 Å². The number of rotatable bonds is 4. The minimum atomic E-state index is 0. The third kappa shape index (κ3) is 4.09. The van der Waals surface area contributed by atoms with Crippen LogP contribution in [-0.4, -0.2) is 38.4 Å². The summed E-state index contributed by atoms with van der Waals surface area (Å²) in [5.41, 5.74) is 2.02. The van der Waals surface area contributed by atoms with E-state index in [0.29, 0.717) is 5.78 Å². The fourth-order valence-corrected chi connectivity index (χ4v) is 2.51. The summed E-state index contributed by atoms with van der Waals surface area (Å²) in [6.07, 6.45) is 3.87. The number of hydrogen-bond donors (Lipinski definition) is 0. The first-order valence-electron chi connectivity index (χ1n) is 6.63. The first kappa shape index (κ1) is 16.7. The lowest BCUT2D eigenvalue weighted by molar-refractivity contribution is -0.118. The molecule has 2 rings (SSSR count). The van der Waals surface area contributed by atoms with Crippen molar-refractivity contribution in [3.05, 3.63) is 35.4 Å². The predicted molar refractivity (Wildman–Crippen MR) is 84.5 cm³/mol. The molecule has 1 saturated carbocycles. The summed E-state index contributed by atoms with van der Waals surface area (Å²) >= 11 is 0. The van der Waals surface area contributed by atoms with Gasteiger partial charge in [-0.1, -0.05) is 12.1 Å². The number of allylic oxidation sites excluding steroid dienone is 1. The number of Topliss-reactive ketones (excluding diaryl/α,β-unsaturated/α-hetero) is 1. The number of halogens is 1. The van der Waals surface area contributed by atoms with E-state index in [9.17, 15) is 4.79 Å². The second-order valence-electron chi connectivity index (χ2n) is 5.30. The molecule has 3 nitrogen and oxygen atoms in total. The van der Waals surface area contributed by atoms with Crippen molar-refractivity contribution in [3.8, 4) is 5.75 Å². The number of carbonyl (C=O) groups is 1. The van der Waals surface area contributed by atoms with Crippen LogP contribution < -0.4 is 4.74 Å². The molecule has 1 fully saturated rings. The van der Waals surface area contributed by atoms with Crippen molar-refractivity contribution in [3.63, 3.8) is 0 Å². The van der Waals surface area contributed by atoms with Gasteiger partial charge in [0.2, 0.25) is 0 Å². The highest BCUT2D eigenvalue weighted by Crippen LogP contribution is 2.29. The van der Waals surface area contributed by atoms with Crippen molar-refractivity contribution in [2.75, 3.05) is 27.7 Å². The minimum absolute atomic E-state index is 0. The third-order valence-electron chi connectivity index (χ3n) is 3.49. The van der Waals surface area contributed by atoms with Crippen LogP contribution in [0.1, 0.15) is 18.4 Å². The van der Waals surface area contributed by atoms with Crippen LogP contribution in [0.15, 0.2) is 29.8 Å². The van der Waals surface area contributed by atoms with Crippen molar-refractivity contribution in [1.29, 1.82) is 0 Å². The van der Waals surface area contributed by atoms with Crippen molar-refractivity contribution >= 4 is 24.3 Å². The largest absolute Gasteiger partial charge is 0.497 e. The van der Waals surface area contributed by atoms with Crippen LogP contribution in [0.5, 0.6) is 5.75 Å². The molecular weight excluding hydrogens is 274 g/mol. The van der Waals surface area contributed by atoms with Gasteiger partial charge in [0.1, 0.15) is 5.75 Å². The van der Waals surface area contributed by atoms with Gasteiger partial charge in [-0.25, -0.2) is 0 Å². The summed E-state index contributed by atoms with van der Waals surface area (Å²) in [5.74, 6) is 1.31. The van der Waals surface area contributed by atoms with Crippen molar-refractivity contribution < 1.29 is 9.53 Å². The number of nitrogens with zero attached hydrogens (tertiary/aromatic N) is 1. The quantitative estimate of drug-likeness (QED) is 0.800. The molecule has 1 aromatic rings. The number of ether oxygens (including phenoxy) is 1. The van der Waals surface area contributed by atoms with Crippen molar-refractivity contribution in [2.24, 2.45) is 5.92 Å². The first-order chi connectivity index (χ1) is 9.10. The predicted octanol–water partition coefficient (Wildman–Crippen LogP) is 3.04. The van der Waals surface area contributed by atoms with E-state index >= 15 is 0 Å². The molecule has 0 heterocycles. The van der Waals surface area contributed by atoms with Crippen LogP contribution in [-0.2, 0) is 4.79 Å². The molecule has 0 spiro atoms. The molecule has 0 bridgehead atoms. The van der Waals surface area contributed by atoms with Gasteiger partial charge in [-0.3, -0.25) is 4.79 Å². The topological polar surface area (TPSA) is 29.5 Å². The molecule has 1 atom stereocenters. The van der Waals surface area contributed by atoms with Gasteiger partial charge in [0.25, 0.3) is 0 Å². The molecule has 1 aliphatic rings.